The van der Waals surface area contributed by atoms with Gasteiger partial charge in [0.15, 0.2) is 18.1 Å². The van der Waals surface area contributed by atoms with Gasteiger partial charge in [-0.3, -0.25) is 4.79 Å². The van der Waals surface area contributed by atoms with E-state index in [0.717, 1.165) is 12.0 Å². The third-order valence-electron chi connectivity index (χ3n) is 3.96. The van der Waals surface area contributed by atoms with Crippen molar-refractivity contribution in [3.05, 3.63) is 48.0 Å². The zero-order valence-electron chi connectivity index (χ0n) is 15.6. The molecule has 0 fully saturated rings. The first-order valence-corrected chi connectivity index (χ1v) is 8.39. The number of benzene rings is 2. The maximum absolute atomic E-state index is 12.3. The molecule has 2 aromatic rings. The minimum absolute atomic E-state index is 0.0725. The van der Waals surface area contributed by atoms with E-state index < -0.39 is 0 Å². The Kier molecular flexibility index (Phi) is 7.14. The van der Waals surface area contributed by atoms with Gasteiger partial charge in [0.25, 0.3) is 5.91 Å². The first-order chi connectivity index (χ1) is 12.6. The van der Waals surface area contributed by atoms with Crippen LogP contribution in [0.1, 0.15) is 24.9 Å². The minimum atomic E-state index is -0.200. The van der Waals surface area contributed by atoms with Crippen molar-refractivity contribution in [1.82, 2.24) is 5.32 Å². The van der Waals surface area contributed by atoms with Gasteiger partial charge in [-0.2, -0.15) is 0 Å². The van der Waals surface area contributed by atoms with Crippen molar-refractivity contribution in [2.75, 3.05) is 27.9 Å². The molecule has 0 saturated heterocycles. The molecule has 2 rings (SSSR count). The fraction of sp³-hybridized carbons (Fsp3) is 0.350. The average molecular weight is 359 g/mol. The van der Waals surface area contributed by atoms with E-state index in [-0.39, 0.29) is 18.6 Å². The Morgan fingerprint density at radius 2 is 1.69 bits per heavy atom. The number of hydrogen-bond acceptors (Lipinski definition) is 5. The number of methoxy groups -OCH3 is 3. The van der Waals surface area contributed by atoms with Gasteiger partial charge in [-0.25, -0.2) is 0 Å². The normalized spacial score (nSPS) is 11.4. The fourth-order valence-corrected chi connectivity index (χ4v) is 2.57. The molecule has 0 spiro atoms. The van der Waals surface area contributed by atoms with Gasteiger partial charge in [-0.15, -0.1) is 0 Å². The predicted molar refractivity (Wildman–Crippen MR) is 99.2 cm³/mol. The van der Waals surface area contributed by atoms with Crippen LogP contribution in [0.25, 0.3) is 0 Å². The van der Waals surface area contributed by atoms with Gasteiger partial charge in [-0.1, -0.05) is 19.1 Å². The van der Waals surface area contributed by atoms with Crippen molar-refractivity contribution >= 4 is 5.91 Å². The van der Waals surface area contributed by atoms with E-state index in [1.54, 1.807) is 33.5 Å². The second-order valence-electron chi connectivity index (χ2n) is 5.61. The fourth-order valence-electron chi connectivity index (χ4n) is 2.57. The molecule has 0 aliphatic rings. The predicted octanol–water partition coefficient (Wildman–Crippen LogP) is 3.36. The van der Waals surface area contributed by atoms with Crippen LogP contribution in [0.2, 0.25) is 0 Å². The second kappa shape index (κ2) is 9.56. The first-order valence-electron chi connectivity index (χ1n) is 8.39. The molecule has 0 aromatic heterocycles. The molecule has 2 aromatic carbocycles. The van der Waals surface area contributed by atoms with Crippen LogP contribution in [0.5, 0.6) is 23.0 Å². The summed E-state index contributed by atoms with van der Waals surface area (Å²) in [6.45, 7) is 1.93. The average Bonchev–Trinajstić information content (AvgIpc) is 2.70. The van der Waals surface area contributed by atoms with Crippen molar-refractivity contribution in [3.8, 4) is 23.0 Å². The quantitative estimate of drug-likeness (QED) is 0.744. The Bertz CT molecular complexity index is 732. The lowest BCUT2D eigenvalue weighted by Crippen LogP contribution is -2.32. The molecule has 0 saturated carbocycles. The standard InChI is InChI=1S/C20H25NO5/c1-5-17(14-9-10-18(24-3)19(11-14)25-4)21-20(22)13-26-16-8-6-7-15(12-16)23-2/h6-12,17H,5,13H2,1-4H3,(H,21,22)/t17-/m1/s1. The number of ether oxygens (including phenoxy) is 4. The van der Waals surface area contributed by atoms with E-state index >= 15 is 0 Å². The van der Waals surface area contributed by atoms with Crippen LogP contribution in [0.15, 0.2) is 42.5 Å². The molecule has 0 unspecified atom stereocenters. The molecule has 0 radical (unpaired) electrons. The summed E-state index contributed by atoms with van der Waals surface area (Å²) in [5.74, 6) is 2.34. The lowest BCUT2D eigenvalue weighted by Gasteiger charge is -2.19. The van der Waals surface area contributed by atoms with Crippen LogP contribution in [0, 0.1) is 0 Å². The van der Waals surface area contributed by atoms with Crippen molar-refractivity contribution in [3.63, 3.8) is 0 Å². The number of nitrogens with one attached hydrogen (secondary N) is 1. The van der Waals surface area contributed by atoms with Gasteiger partial charge in [0.1, 0.15) is 11.5 Å². The third kappa shape index (κ3) is 5.05. The van der Waals surface area contributed by atoms with Crippen LogP contribution in [-0.4, -0.2) is 33.8 Å². The van der Waals surface area contributed by atoms with Gasteiger partial charge in [-0.05, 0) is 36.2 Å². The van der Waals surface area contributed by atoms with Crippen molar-refractivity contribution < 1.29 is 23.7 Å². The second-order valence-corrected chi connectivity index (χ2v) is 5.61. The van der Waals surface area contributed by atoms with Crippen LogP contribution in [0.4, 0.5) is 0 Å². The highest BCUT2D eigenvalue weighted by Crippen LogP contribution is 2.30. The molecular formula is C20H25NO5. The minimum Gasteiger partial charge on any atom is -0.497 e. The largest absolute Gasteiger partial charge is 0.497 e. The van der Waals surface area contributed by atoms with E-state index in [9.17, 15) is 4.79 Å². The Morgan fingerprint density at radius 1 is 0.962 bits per heavy atom. The summed E-state index contributed by atoms with van der Waals surface area (Å²) in [4.78, 5) is 12.3. The van der Waals surface area contributed by atoms with Gasteiger partial charge >= 0.3 is 0 Å². The van der Waals surface area contributed by atoms with Crippen LogP contribution >= 0.6 is 0 Å². The van der Waals surface area contributed by atoms with Gasteiger partial charge in [0.2, 0.25) is 0 Å². The summed E-state index contributed by atoms with van der Waals surface area (Å²) in [5, 5.41) is 2.98. The highest BCUT2D eigenvalue weighted by molar-refractivity contribution is 5.78. The number of amides is 1. The number of hydrogen-bond donors (Lipinski definition) is 1. The zero-order chi connectivity index (χ0) is 18.9. The molecule has 140 valence electrons. The topological polar surface area (TPSA) is 66.0 Å². The summed E-state index contributed by atoms with van der Waals surface area (Å²) in [5.41, 5.74) is 0.944. The maximum Gasteiger partial charge on any atom is 0.258 e. The molecule has 0 aliphatic heterocycles. The highest BCUT2D eigenvalue weighted by Gasteiger charge is 2.15. The molecule has 0 bridgehead atoms. The smallest absolute Gasteiger partial charge is 0.258 e. The van der Waals surface area contributed by atoms with E-state index in [4.69, 9.17) is 18.9 Å². The van der Waals surface area contributed by atoms with Crippen LogP contribution in [-0.2, 0) is 4.79 Å². The van der Waals surface area contributed by atoms with Crippen molar-refractivity contribution in [1.29, 1.82) is 0 Å². The van der Waals surface area contributed by atoms with Crippen molar-refractivity contribution in [2.24, 2.45) is 0 Å². The summed E-state index contributed by atoms with van der Waals surface area (Å²) in [6, 6.07) is 12.6. The van der Waals surface area contributed by atoms with E-state index in [1.807, 2.05) is 37.3 Å². The number of rotatable bonds is 9. The van der Waals surface area contributed by atoms with Gasteiger partial charge in [0, 0.05) is 6.07 Å². The SMILES string of the molecule is CC[C@@H](NC(=O)COc1cccc(OC)c1)c1ccc(OC)c(OC)c1. The number of carbonyl (C=O) groups is 1. The molecule has 0 heterocycles. The summed E-state index contributed by atoms with van der Waals surface area (Å²) in [6.07, 6.45) is 0.736. The van der Waals surface area contributed by atoms with E-state index in [1.165, 1.54) is 0 Å². The molecule has 1 amide bonds. The lowest BCUT2D eigenvalue weighted by molar-refractivity contribution is -0.123. The Hall–Kier alpha value is -2.89. The third-order valence-corrected chi connectivity index (χ3v) is 3.96. The summed E-state index contributed by atoms with van der Waals surface area (Å²) >= 11 is 0. The molecule has 6 heteroatoms. The molecule has 1 atom stereocenters. The highest BCUT2D eigenvalue weighted by atomic mass is 16.5. The first kappa shape index (κ1) is 19.4. The monoisotopic (exact) mass is 359 g/mol. The van der Waals surface area contributed by atoms with Crippen LogP contribution in [0.3, 0.4) is 0 Å². The maximum atomic E-state index is 12.3. The summed E-state index contributed by atoms with van der Waals surface area (Å²) in [7, 11) is 4.76. The van der Waals surface area contributed by atoms with Gasteiger partial charge < -0.3 is 24.3 Å². The van der Waals surface area contributed by atoms with Crippen molar-refractivity contribution in [2.45, 2.75) is 19.4 Å². The molecular weight excluding hydrogens is 334 g/mol. The molecule has 0 aliphatic carbocycles. The lowest BCUT2D eigenvalue weighted by atomic mass is 10.0. The molecule has 1 N–H and O–H groups in total. The summed E-state index contributed by atoms with van der Waals surface area (Å²) < 4.78 is 21.3. The molecule has 26 heavy (non-hydrogen) atoms. The Labute approximate surface area is 154 Å². The van der Waals surface area contributed by atoms with E-state index in [0.29, 0.717) is 23.0 Å². The van der Waals surface area contributed by atoms with E-state index in [2.05, 4.69) is 5.32 Å². The number of carbonyl (C=O) groups excluding carboxylic acids is 1. The van der Waals surface area contributed by atoms with Crippen LogP contribution < -0.4 is 24.3 Å². The zero-order valence-corrected chi connectivity index (χ0v) is 15.6. The Balaban J connectivity index is 1.99. The molecule has 6 nitrogen and oxygen atoms in total. The van der Waals surface area contributed by atoms with Gasteiger partial charge in [0.05, 0.1) is 27.4 Å². The Morgan fingerprint density at radius 3 is 2.35 bits per heavy atom.